The molecule has 0 aromatic heterocycles. The van der Waals surface area contributed by atoms with Gasteiger partial charge in [0.1, 0.15) is 0 Å². The molecule has 0 atom stereocenters. The first kappa shape index (κ1) is 12.0. The zero-order valence-electron chi connectivity index (χ0n) is 7.07. The Kier molecular flexibility index (Phi) is 4.14. The topological polar surface area (TPSA) is 63.6 Å². The lowest BCUT2D eigenvalue weighted by molar-refractivity contribution is 0.108. The van der Waals surface area contributed by atoms with E-state index in [0.29, 0.717) is 0 Å². The van der Waals surface area contributed by atoms with E-state index < -0.39 is 10.5 Å². The highest BCUT2D eigenvalue weighted by atomic mass is 35.5. The molecule has 0 bridgehead atoms. The predicted molar refractivity (Wildman–Crippen MR) is 57.0 cm³/mol. The SMILES string of the molecule is O=S=Nc1cc(C(=O)Cl)cc(C(=O)Cl)c1. The molecule has 0 radical (unpaired) electrons. The highest BCUT2D eigenvalue weighted by molar-refractivity contribution is 7.54. The van der Waals surface area contributed by atoms with Gasteiger partial charge in [-0.15, -0.1) is 0 Å². The molecule has 0 spiro atoms. The van der Waals surface area contributed by atoms with Crippen LogP contribution in [-0.4, -0.2) is 14.7 Å². The summed E-state index contributed by atoms with van der Waals surface area (Å²) in [4.78, 5) is 21.7. The first-order valence-corrected chi connectivity index (χ1v) is 5.05. The van der Waals surface area contributed by atoms with Gasteiger partial charge in [-0.25, -0.2) is 0 Å². The van der Waals surface area contributed by atoms with E-state index in [1.54, 1.807) is 0 Å². The van der Waals surface area contributed by atoms with Crippen molar-refractivity contribution in [2.24, 2.45) is 4.36 Å². The van der Waals surface area contributed by atoms with Gasteiger partial charge in [-0.3, -0.25) is 9.59 Å². The third-order valence-corrected chi connectivity index (χ3v) is 2.24. The van der Waals surface area contributed by atoms with Crippen LogP contribution in [0.2, 0.25) is 0 Å². The van der Waals surface area contributed by atoms with Crippen molar-refractivity contribution in [2.75, 3.05) is 0 Å². The smallest absolute Gasteiger partial charge is 0.252 e. The van der Waals surface area contributed by atoms with Crippen molar-refractivity contribution in [1.82, 2.24) is 0 Å². The van der Waals surface area contributed by atoms with Crippen molar-refractivity contribution in [1.29, 1.82) is 0 Å². The summed E-state index contributed by atoms with van der Waals surface area (Å²) in [7, 11) is 0. The van der Waals surface area contributed by atoms with Crippen molar-refractivity contribution < 1.29 is 13.8 Å². The highest BCUT2D eigenvalue weighted by Crippen LogP contribution is 2.20. The summed E-state index contributed by atoms with van der Waals surface area (Å²) in [5, 5.41) is -1.50. The van der Waals surface area contributed by atoms with Gasteiger partial charge >= 0.3 is 0 Å². The van der Waals surface area contributed by atoms with Crippen LogP contribution >= 0.6 is 23.2 Å². The standard InChI is InChI=1S/C8H3Cl2NO3S/c9-7(12)4-1-5(8(10)13)3-6(2-4)11-15-14/h1-3H. The first-order chi connectivity index (χ1) is 7.04. The molecule has 0 saturated heterocycles. The molecule has 0 saturated carbocycles. The Morgan fingerprint density at radius 1 is 1.07 bits per heavy atom. The monoisotopic (exact) mass is 263 g/mol. The van der Waals surface area contributed by atoms with Gasteiger partial charge in [-0.2, -0.15) is 8.57 Å². The van der Waals surface area contributed by atoms with Crippen LogP contribution in [0.15, 0.2) is 22.6 Å². The van der Waals surface area contributed by atoms with E-state index in [9.17, 15) is 13.8 Å². The number of halogens is 2. The van der Waals surface area contributed by atoms with E-state index in [1.165, 1.54) is 18.2 Å². The molecule has 4 nitrogen and oxygen atoms in total. The van der Waals surface area contributed by atoms with E-state index in [1.807, 2.05) is 0 Å². The molecule has 0 heterocycles. The highest BCUT2D eigenvalue weighted by Gasteiger charge is 2.09. The number of rotatable bonds is 3. The number of hydrogen-bond acceptors (Lipinski definition) is 4. The summed E-state index contributed by atoms with van der Waals surface area (Å²) in [6.07, 6.45) is 0. The largest absolute Gasteiger partial charge is 0.276 e. The van der Waals surface area contributed by atoms with Gasteiger partial charge < -0.3 is 0 Å². The molecule has 1 aromatic rings. The molecule has 0 aliphatic heterocycles. The van der Waals surface area contributed by atoms with Crippen LogP contribution in [0, 0.1) is 0 Å². The first-order valence-electron chi connectivity index (χ1n) is 3.59. The Bertz CT molecular complexity index is 420. The molecule has 78 valence electrons. The summed E-state index contributed by atoms with van der Waals surface area (Å²) in [5.41, 5.74) is 0.303. The van der Waals surface area contributed by atoms with E-state index >= 15 is 0 Å². The van der Waals surface area contributed by atoms with Gasteiger partial charge in [0.05, 0.1) is 5.69 Å². The summed E-state index contributed by atoms with van der Waals surface area (Å²) >= 11 is 10.4. The van der Waals surface area contributed by atoms with E-state index in [-0.39, 0.29) is 28.3 Å². The lowest BCUT2D eigenvalue weighted by Crippen LogP contribution is -1.94. The van der Waals surface area contributed by atoms with E-state index in [4.69, 9.17) is 23.2 Å². The van der Waals surface area contributed by atoms with Crippen LogP contribution < -0.4 is 0 Å². The lowest BCUT2D eigenvalue weighted by atomic mass is 10.1. The molecular formula is C8H3Cl2NO3S. The fourth-order valence-corrected chi connectivity index (χ4v) is 1.34. The minimum Gasteiger partial charge on any atom is -0.276 e. The number of carbonyl (C=O) groups is 2. The Balaban J connectivity index is 3.38. The van der Waals surface area contributed by atoms with Gasteiger partial charge in [0.15, 0.2) is 0 Å². The van der Waals surface area contributed by atoms with Crippen LogP contribution in [0.25, 0.3) is 0 Å². The van der Waals surface area contributed by atoms with Gasteiger partial charge in [0.25, 0.3) is 10.5 Å². The van der Waals surface area contributed by atoms with E-state index in [0.717, 1.165) is 0 Å². The third kappa shape index (κ3) is 3.23. The second kappa shape index (κ2) is 5.16. The second-order valence-electron chi connectivity index (χ2n) is 2.48. The number of hydrogen-bond donors (Lipinski definition) is 0. The summed E-state index contributed by atoms with van der Waals surface area (Å²) < 4.78 is 13.6. The Labute approximate surface area is 98.4 Å². The average molecular weight is 264 g/mol. The van der Waals surface area contributed by atoms with E-state index in [2.05, 4.69) is 4.36 Å². The minimum atomic E-state index is -0.748. The van der Waals surface area contributed by atoms with Crippen molar-refractivity contribution in [3.63, 3.8) is 0 Å². The number of carbonyl (C=O) groups excluding carboxylic acids is 2. The normalized spacial score (nSPS) is 9.47. The molecule has 15 heavy (non-hydrogen) atoms. The average Bonchev–Trinajstić information content (AvgIpc) is 2.17. The molecule has 1 rings (SSSR count). The molecular weight excluding hydrogens is 261 g/mol. The number of nitrogens with zero attached hydrogens (tertiary/aromatic N) is 1. The second-order valence-corrected chi connectivity index (χ2v) is 3.50. The van der Waals surface area contributed by atoms with Gasteiger partial charge in [-0.05, 0) is 41.4 Å². The molecule has 0 fully saturated rings. The molecule has 7 heteroatoms. The fourth-order valence-electron chi connectivity index (χ4n) is 0.934. The summed E-state index contributed by atoms with van der Waals surface area (Å²) in [6, 6.07) is 3.83. The molecule has 0 aliphatic carbocycles. The molecule has 0 N–H and O–H groups in total. The van der Waals surface area contributed by atoms with Crippen LogP contribution in [0.1, 0.15) is 20.7 Å². The zero-order valence-corrected chi connectivity index (χ0v) is 9.40. The third-order valence-electron chi connectivity index (χ3n) is 1.51. The molecule has 1 aromatic carbocycles. The van der Waals surface area contributed by atoms with Crippen molar-refractivity contribution in [3.8, 4) is 0 Å². The fraction of sp³-hybridized carbons (Fsp3) is 0. The zero-order chi connectivity index (χ0) is 11.4. The van der Waals surface area contributed by atoms with Crippen LogP contribution in [0.4, 0.5) is 5.69 Å². The quantitative estimate of drug-likeness (QED) is 0.788. The Morgan fingerprint density at radius 3 is 1.87 bits per heavy atom. The van der Waals surface area contributed by atoms with Crippen LogP contribution in [0.5, 0.6) is 0 Å². The van der Waals surface area contributed by atoms with Crippen molar-refractivity contribution in [2.45, 2.75) is 0 Å². The maximum Gasteiger partial charge on any atom is 0.252 e. The van der Waals surface area contributed by atoms with Crippen molar-refractivity contribution in [3.05, 3.63) is 29.3 Å². The molecule has 0 aliphatic rings. The number of benzene rings is 1. The van der Waals surface area contributed by atoms with Crippen LogP contribution in [-0.2, 0) is 11.5 Å². The van der Waals surface area contributed by atoms with Gasteiger partial charge in [0, 0.05) is 11.1 Å². The lowest BCUT2D eigenvalue weighted by Gasteiger charge is -1.99. The molecule has 0 amide bonds. The predicted octanol–water partition coefficient (Wildman–Crippen LogP) is 2.47. The Hall–Kier alpha value is -1.04. The van der Waals surface area contributed by atoms with Crippen LogP contribution in [0.3, 0.4) is 0 Å². The van der Waals surface area contributed by atoms with Gasteiger partial charge in [-0.1, -0.05) is 0 Å². The maximum absolute atomic E-state index is 10.9. The Morgan fingerprint density at radius 2 is 1.53 bits per heavy atom. The van der Waals surface area contributed by atoms with Crippen molar-refractivity contribution >= 4 is 50.8 Å². The molecule has 0 unspecified atom stereocenters. The maximum atomic E-state index is 10.9. The minimum absolute atomic E-state index is 0.0382. The summed E-state index contributed by atoms with van der Waals surface area (Å²) in [6.45, 7) is 0. The van der Waals surface area contributed by atoms with Gasteiger partial charge in [0.2, 0.25) is 11.5 Å². The summed E-state index contributed by atoms with van der Waals surface area (Å²) in [5.74, 6) is 0.